The van der Waals surface area contributed by atoms with Gasteiger partial charge in [0.2, 0.25) is 0 Å². The quantitative estimate of drug-likeness (QED) is 0.845. The van der Waals surface area contributed by atoms with Crippen molar-refractivity contribution in [1.82, 2.24) is 10.2 Å². The number of hydrogen-bond acceptors (Lipinski definition) is 2. The van der Waals surface area contributed by atoms with Crippen LogP contribution in [0.5, 0.6) is 0 Å². The standard InChI is InChI=1S/C14H18ClFN2/c1-2-3-14(18-8-6-17-7-9-18)12-5-4-11(15)10-13(12)16/h2,4-5,10,14,17H,1,3,6-9H2/t14-/m1/s1. The van der Waals surface area contributed by atoms with Crippen molar-refractivity contribution in [2.45, 2.75) is 12.5 Å². The van der Waals surface area contributed by atoms with Crippen LogP contribution < -0.4 is 5.32 Å². The van der Waals surface area contributed by atoms with Crippen molar-refractivity contribution in [1.29, 1.82) is 0 Å². The summed E-state index contributed by atoms with van der Waals surface area (Å²) in [7, 11) is 0. The van der Waals surface area contributed by atoms with Crippen molar-refractivity contribution in [3.05, 3.63) is 47.3 Å². The van der Waals surface area contributed by atoms with Crippen molar-refractivity contribution < 1.29 is 4.39 Å². The second-order valence-electron chi connectivity index (χ2n) is 4.49. The third kappa shape index (κ3) is 3.10. The van der Waals surface area contributed by atoms with Gasteiger partial charge in [-0.3, -0.25) is 4.90 Å². The summed E-state index contributed by atoms with van der Waals surface area (Å²) in [6.07, 6.45) is 2.60. The van der Waals surface area contributed by atoms with Gasteiger partial charge in [0.05, 0.1) is 0 Å². The van der Waals surface area contributed by atoms with Crippen LogP contribution >= 0.6 is 11.6 Å². The highest BCUT2D eigenvalue weighted by Gasteiger charge is 2.23. The maximum absolute atomic E-state index is 14.0. The molecule has 2 nitrogen and oxygen atoms in total. The van der Waals surface area contributed by atoms with Crippen LogP contribution in [-0.2, 0) is 0 Å². The number of piperazine rings is 1. The summed E-state index contributed by atoms with van der Waals surface area (Å²) >= 11 is 5.80. The van der Waals surface area contributed by atoms with E-state index in [0.717, 1.165) is 32.6 Å². The Morgan fingerprint density at radius 3 is 2.78 bits per heavy atom. The molecular weight excluding hydrogens is 251 g/mol. The van der Waals surface area contributed by atoms with Gasteiger partial charge in [0.25, 0.3) is 0 Å². The summed E-state index contributed by atoms with van der Waals surface area (Å²) in [5.74, 6) is -0.229. The van der Waals surface area contributed by atoms with Crippen molar-refractivity contribution in [3.8, 4) is 0 Å². The maximum Gasteiger partial charge on any atom is 0.129 e. The van der Waals surface area contributed by atoms with Crippen molar-refractivity contribution >= 4 is 11.6 Å². The molecule has 98 valence electrons. The Balaban J connectivity index is 2.24. The van der Waals surface area contributed by atoms with E-state index in [0.29, 0.717) is 10.6 Å². The molecule has 1 atom stereocenters. The molecule has 1 N–H and O–H groups in total. The van der Waals surface area contributed by atoms with Crippen molar-refractivity contribution in [2.24, 2.45) is 0 Å². The van der Waals surface area contributed by atoms with Gasteiger partial charge in [0, 0.05) is 42.8 Å². The summed E-state index contributed by atoms with van der Waals surface area (Å²) in [6, 6.07) is 4.98. The highest BCUT2D eigenvalue weighted by atomic mass is 35.5. The lowest BCUT2D eigenvalue weighted by atomic mass is 10.0. The Morgan fingerprint density at radius 1 is 1.44 bits per heavy atom. The molecule has 0 aromatic heterocycles. The summed E-state index contributed by atoms with van der Waals surface area (Å²) in [4.78, 5) is 2.30. The van der Waals surface area contributed by atoms with Gasteiger partial charge in [0.15, 0.2) is 0 Å². The van der Waals surface area contributed by atoms with Gasteiger partial charge in [-0.25, -0.2) is 4.39 Å². The maximum atomic E-state index is 14.0. The molecule has 1 aromatic carbocycles. The van der Waals surface area contributed by atoms with E-state index in [1.807, 2.05) is 6.08 Å². The second kappa shape index (κ2) is 6.32. The first kappa shape index (κ1) is 13.5. The second-order valence-corrected chi connectivity index (χ2v) is 4.93. The Bertz CT molecular complexity index is 416. The van der Waals surface area contributed by atoms with Crippen LogP contribution in [0.25, 0.3) is 0 Å². The lowest BCUT2D eigenvalue weighted by Gasteiger charge is -2.35. The normalized spacial score (nSPS) is 18.6. The SMILES string of the molecule is C=CC[C@H](c1ccc(Cl)cc1F)N1CCNCC1. The molecule has 0 bridgehead atoms. The fourth-order valence-corrected chi connectivity index (χ4v) is 2.55. The van der Waals surface area contributed by atoms with E-state index in [1.165, 1.54) is 6.07 Å². The molecule has 1 aliphatic rings. The number of benzene rings is 1. The molecule has 1 fully saturated rings. The summed E-state index contributed by atoms with van der Waals surface area (Å²) in [5.41, 5.74) is 0.709. The van der Waals surface area contributed by atoms with Crippen LogP contribution in [0, 0.1) is 5.82 Å². The van der Waals surface area contributed by atoms with Crippen LogP contribution in [0.2, 0.25) is 5.02 Å². The summed E-state index contributed by atoms with van der Waals surface area (Å²) in [6.45, 7) is 7.53. The Kier molecular flexibility index (Phi) is 4.75. The predicted octanol–water partition coefficient (Wildman–Crippen LogP) is 3.00. The number of rotatable bonds is 4. The molecule has 0 spiro atoms. The third-order valence-electron chi connectivity index (χ3n) is 3.30. The lowest BCUT2D eigenvalue weighted by Crippen LogP contribution is -2.45. The Hall–Kier alpha value is -0.900. The van der Waals surface area contributed by atoms with Gasteiger partial charge in [0.1, 0.15) is 5.82 Å². The van der Waals surface area contributed by atoms with Gasteiger partial charge < -0.3 is 5.32 Å². The van der Waals surface area contributed by atoms with Gasteiger partial charge in [-0.05, 0) is 18.6 Å². The molecule has 0 unspecified atom stereocenters. The monoisotopic (exact) mass is 268 g/mol. The van der Waals surface area contributed by atoms with Crippen molar-refractivity contribution in [3.63, 3.8) is 0 Å². The van der Waals surface area contributed by atoms with Crippen LogP contribution in [0.3, 0.4) is 0 Å². The van der Waals surface area contributed by atoms with Crippen LogP contribution in [0.4, 0.5) is 4.39 Å². The molecule has 0 radical (unpaired) electrons. The van der Waals surface area contributed by atoms with E-state index in [9.17, 15) is 4.39 Å². The largest absolute Gasteiger partial charge is 0.314 e. The topological polar surface area (TPSA) is 15.3 Å². The number of nitrogens with one attached hydrogen (secondary N) is 1. The van der Waals surface area contributed by atoms with Gasteiger partial charge in [-0.2, -0.15) is 0 Å². The zero-order valence-corrected chi connectivity index (χ0v) is 11.1. The minimum absolute atomic E-state index is 0.0573. The molecule has 0 saturated carbocycles. The first-order valence-corrected chi connectivity index (χ1v) is 6.61. The highest BCUT2D eigenvalue weighted by Crippen LogP contribution is 2.28. The van der Waals surface area contributed by atoms with E-state index in [4.69, 9.17) is 11.6 Å². The van der Waals surface area contributed by atoms with E-state index in [-0.39, 0.29) is 11.9 Å². The lowest BCUT2D eigenvalue weighted by molar-refractivity contribution is 0.171. The van der Waals surface area contributed by atoms with Gasteiger partial charge in [-0.15, -0.1) is 6.58 Å². The average Bonchev–Trinajstić information content (AvgIpc) is 2.38. The molecule has 1 saturated heterocycles. The molecule has 0 aliphatic carbocycles. The number of halogens is 2. The number of hydrogen-bond donors (Lipinski definition) is 1. The first-order chi connectivity index (χ1) is 8.72. The van der Waals surface area contributed by atoms with Crippen molar-refractivity contribution in [2.75, 3.05) is 26.2 Å². The fraction of sp³-hybridized carbons (Fsp3) is 0.429. The zero-order chi connectivity index (χ0) is 13.0. The minimum atomic E-state index is -0.229. The van der Waals surface area contributed by atoms with Crippen LogP contribution in [0.1, 0.15) is 18.0 Å². The van der Waals surface area contributed by atoms with Gasteiger partial charge in [-0.1, -0.05) is 23.7 Å². The van der Waals surface area contributed by atoms with E-state index in [1.54, 1.807) is 12.1 Å². The first-order valence-electron chi connectivity index (χ1n) is 6.23. The molecule has 1 aliphatic heterocycles. The smallest absolute Gasteiger partial charge is 0.129 e. The summed E-state index contributed by atoms with van der Waals surface area (Å²) < 4.78 is 14.0. The van der Waals surface area contributed by atoms with E-state index < -0.39 is 0 Å². The average molecular weight is 269 g/mol. The van der Waals surface area contributed by atoms with Crippen LogP contribution in [-0.4, -0.2) is 31.1 Å². The molecule has 18 heavy (non-hydrogen) atoms. The molecule has 0 amide bonds. The van der Waals surface area contributed by atoms with E-state index >= 15 is 0 Å². The predicted molar refractivity (Wildman–Crippen MR) is 73.4 cm³/mol. The zero-order valence-electron chi connectivity index (χ0n) is 10.3. The molecule has 1 aromatic rings. The van der Waals surface area contributed by atoms with E-state index in [2.05, 4.69) is 16.8 Å². The molecular formula is C14H18ClFN2. The van der Waals surface area contributed by atoms with Gasteiger partial charge >= 0.3 is 0 Å². The highest BCUT2D eigenvalue weighted by molar-refractivity contribution is 6.30. The minimum Gasteiger partial charge on any atom is -0.314 e. The summed E-state index contributed by atoms with van der Waals surface area (Å²) in [5, 5.41) is 3.74. The molecule has 4 heteroatoms. The number of nitrogens with zero attached hydrogens (tertiary/aromatic N) is 1. The fourth-order valence-electron chi connectivity index (χ4n) is 2.40. The molecule has 2 rings (SSSR count). The third-order valence-corrected chi connectivity index (χ3v) is 3.54. The van der Waals surface area contributed by atoms with Crippen LogP contribution in [0.15, 0.2) is 30.9 Å². The molecule has 1 heterocycles. The Labute approximate surface area is 112 Å². The Morgan fingerprint density at radius 2 is 2.17 bits per heavy atom.